The second kappa shape index (κ2) is 38.8. The minimum Gasteiger partial charge on any atom is -0.480 e. The Kier molecular flexibility index (Phi) is 37.4. The van der Waals surface area contributed by atoms with Crippen LogP contribution in [0, 0.1) is 0 Å². The summed E-state index contributed by atoms with van der Waals surface area (Å²) in [5.41, 5.74) is 5.33. The number of rotatable bonds is 41. The molecule has 0 spiro atoms. The molecule has 0 saturated carbocycles. The lowest BCUT2D eigenvalue weighted by atomic mass is 10.0. The molecule has 0 aromatic heterocycles. The van der Waals surface area contributed by atoms with Gasteiger partial charge in [-0.1, -0.05) is 173 Å². The number of nitrogens with two attached hydrogens (primary N) is 1. The molecular formula is C43H80NO10P. The van der Waals surface area contributed by atoms with Gasteiger partial charge in [0.05, 0.1) is 13.2 Å². The van der Waals surface area contributed by atoms with Crippen molar-refractivity contribution in [3.05, 3.63) is 24.3 Å². The summed E-state index contributed by atoms with van der Waals surface area (Å²) in [6.07, 6.45) is 39.5. The first-order chi connectivity index (χ1) is 26.6. The van der Waals surface area contributed by atoms with Crippen LogP contribution < -0.4 is 5.73 Å². The fourth-order valence-corrected chi connectivity index (χ4v) is 6.74. The highest BCUT2D eigenvalue weighted by molar-refractivity contribution is 7.47. The largest absolute Gasteiger partial charge is 0.480 e. The smallest absolute Gasteiger partial charge is 0.472 e. The van der Waals surface area contributed by atoms with Crippen LogP contribution >= 0.6 is 7.82 Å². The average Bonchev–Trinajstić information content (AvgIpc) is 3.16. The number of aliphatic carboxylic acids is 1. The first-order valence-electron chi connectivity index (χ1n) is 21.9. The minimum atomic E-state index is -4.71. The first kappa shape index (κ1) is 53.0. The van der Waals surface area contributed by atoms with Crippen molar-refractivity contribution in [2.45, 2.75) is 212 Å². The number of ether oxygens (including phenoxy) is 2. The molecule has 0 amide bonds. The van der Waals surface area contributed by atoms with Crippen LogP contribution in [0.3, 0.4) is 0 Å². The number of allylic oxidation sites excluding steroid dienone is 4. The van der Waals surface area contributed by atoms with Gasteiger partial charge in [-0.25, -0.2) is 4.57 Å². The van der Waals surface area contributed by atoms with E-state index in [1.807, 2.05) is 0 Å². The highest BCUT2D eigenvalue weighted by Gasteiger charge is 2.28. The number of carboxylic acid groups (broad SMARTS) is 1. The van der Waals surface area contributed by atoms with E-state index in [2.05, 4.69) is 42.7 Å². The molecule has 0 aliphatic carbocycles. The summed E-state index contributed by atoms with van der Waals surface area (Å²) in [6.45, 7) is 2.77. The van der Waals surface area contributed by atoms with E-state index in [1.165, 1.54) is 109 Å². The van der Waals surface area contributed by atoms with Gasteiger partial charge < -0.3 is 25.2 Å². The van der Waals surface area contributed by atoms with Crippen LogP contribution in [-0.4, -0.2) is 59.9 Å². The molecule has 12 heteroatoms. The highest BCUT2D eigenvalue weighted by Crippen LogP contribution is 2.43. The molecule has 4 N–H and O–H groups in total. The number of phosphoric ester groups is 1. The Morgan fingerprint density at radius 3 is 1.47 bits per heavy atom. The number of hydrogen-bond donors (Lipinski definition) is 3. The van der Waals surface area contributed by atoms with Crippen molar-refractivity contribution in [1.29, 1.82) is 0 Å². The number of phosphoric acid groups is 1. The zero-order valence-corrected chi connectivity index (χ0v) is 35.7. The first-order valence-corrected chi connectivity index (χ1v) is 23.4. The van der Waals surface area contributed by atoms with Gasteiger partial charge in [0, 0.05) is 12.8 Å². The lowest BCUT2D eigenvalue weighted by molar-refractivity contribution is -0.161. The van der Waals surface area contributed by atoms with Gasteiger partial charge in [0.15, 0.2) is 6.10 Å². The van der Waals surface area contributed by atoms with E-state index >= 15 is 0 Å². The van der Waals surface area contributed by atoms with Crippen LogP contribution in [-0.2, 0) is 37.5 Å². The summed E-state index contributed by atoms with van der Waals surface area (Å²) in [6, 6.07) is -1.52. The molecule has 0 aliphatic rings. The number of carbonyl (C=O) groups excluding carboxylic acids is 2. The third-order valence-corrected chi connectivity index (χ3v) is 10.4. The molecule has 55 heavy (non-hydrogen) atoms. The fraction of sp³-hybridized carbons (Fsp3) is 0.837. The highest BCUT2D eigenvalue weighted by atomic mass is 31.2. The molecule has 0 radical (unpaired) electrons. The van der Waals surface area contributed by atoms with Crippen LogP contribution in [0.4, 0.5) is 0 Å². The maximum absolute atomic E-state index is 12.6. The molecular weight excluding hydrogens is 721 g/mol. The Labute approximate surface area is 334 Å². The van der Waals surface area contributed by atoms with E-state index in [4.69, 9.17) is 24.8 Å². The third kappa shape index (κ3) is 38.6. The molecule has 0 bridgehead atoms. The third-order valence-electron chi connectivity index (χ3n) is 9.45. The lowest BCUT2D eigenvalue weighted by Crippen LogP contribution is -2.34. The molecule has 0 heterocycles. The zero-order valence-electron chi connectivity index (χ0n) is 34.8. The van der Waals surface area contributed by atoms with E-state index in [1.54, 1.807) is 0 Å². The second-order valence-corrected chi connectivity index (χ2v) is 16.3. The summed E-state index contributed by atoms with van der Waals surface area (Å²) in [5.74, 6) is -2.38. The molecule has 0 aliphatic heterocycles. The number of hydrogen-bond acceptors (Lipinski definition) is 9. The van der Waals surface area contributed by atoms with Crippen LogP contribution in [0.15, 0.2) is 24.3 Å². The fourth-order valence-electron chi connectivity index (χ4n) is 5.96. The van der Waals surface area contributed by atoms with Crippen molar-refractivity contribution < 1.29 is 47.5 Å². The molecule has 0 saturated heterocycles. The van der Waals surface area contributed by atoms with Gasteiger partial charge in [-0.3, -0.25) is 23.4 Å². The van der Waals surface area contributed by atoms with E-state index < -0.39 is 51.1 Å². The van der Waals surface area contributed by atoms with E-state index in [0.717, 1.165) is 51.4 Å². The minimum absolute atomic E-state index is 0.164. The summed E-state index contributed by atoms with van der Waals surface area (Å²) in [5, 5.41) is 8.88. The average molecular weight is 802 g/mol. The number of esters is 2. The van der Waals surface area contributed by atoms with Gasteiger partial charge in [0.25, 0.3) is 0 Å². The van der Waals surface area contributed by atoms with Crippen LogP contribution in [0.2, 0.25) is 0 Å². The molecule has 1 unspecified atom stereocenters. The Hall–Kier alpha value is -2.04. The molecule has 11 nitrogen and oxygen atoms in total. The number of carbonyl (C=O) groups is 3. The molecule has 3 atom stereocenters. The Morgan fingerprint density at radius 1 is 0.564 bits per heavy atom. The van der Waals surface area contributed by atoms with Gasteiger partial charge in [0.1, 0.15) is 12.6 Å². The van der Waals surface area contributed by atoms with E-state index in [-0.39, 0.29) is 19.4 Å². The molecule has 0 aromatic rings. The van der Waals surface area contributed by atoms with Crippen LogP contribution in [0.25, 0.3) is 0 Å². The normalized spacial score (nSPS) is 14.0. The topological polar surface area (TPSA) is 172 Å². The van der Waals surface area contributed by atoms with E-state index in [0.29, 0.717) is 12.8 Å². The standard InChI is InChI=1S/C43H80NO10P/c1-3-5-7-9-11-13-15-17-19-21-22-24-26-28-30-32-34-41(45)51-36-39(37-52-55(49,50)53-38-40(44)43(47)48)54-42(46)35-33-31-29-27-25-23-20-18-16-14-12-10-8-6-4-2/h9,11,15,17,39-40H,3-8,10,12-14,16,18-38,44H2,1-2H3,(H,47,48)(H,49,50)/b11-9-,17-15-/t39-,40+/m1/s1. The van der Waals surface area contributed by atoms with Gasteiger partial charge in [-0.15, -0.1) is 0 Å². The lowest BCUT2D eigenvalue weighted by Gasteiger charge is -2.20. The summed E-state index contributed by atoms with van der Waals surface area (Å²) in [7, 11) is -4.71. The van der Waals surface area contributed by atoms with Crippen molar-refractivity contribution in [2.75, 3.05) is 19.8 Å². The maximum Gasteiger partial charge on any atom is 0.472 e. The quantitative estimate of drug-likeness (QED) is 0.0232. The Bertz CT molecular complexity index is 1040. The van der Waals surface area contributed by atoms with Crippen molar-refractivity contribution in [3.63, 3.8) is 0 Å². The second-order valence-electron chi connectivity index (χ2n) is 14.8. The molecule has 322 valence electrons. The summed E-state index contributed by atoms with van der Waals surface area (Å²) in [4.78, 5) is 45.9. The van der Waals surface area contributed by atoms with Crippen molar-refractivity contribution >= 4 is 25.7 Å². The Morgan fingerprint density at radius 2 is 0.982 bits per heavy atom. The van der Waals surface area contributed by atoms with Gasteiger partial charge in [0.2, 0.25) is 0 Å². The van der Waals surface area contributed by atoms with Crippen molar-refractivity contribution in [3.8, 4) is 0 Å². The zero-order chi connectivity index (χ0) is 40.7. The molecule has 0 rings (SSSR count). The Balaban J connectivity index is 4.35. The maximum atomic E-state index is 12.6. The van der Waals surface area contributed by atoms with Gasteiger partial charge >= 0.3 is 25.7 Å². The number of carboxylic acids is 1. The summed E-state index contributed by atoms with van der Waals surface area (Å²) < 4.78 is 32.7. The van der Waals surface area contributed by atoms with Crippen molar-refractivity contribution in [2.24, 2.45) is 5.73 Å². The monoisotopic (exact) mass is 802 g/mol. The van der Waals surface area contributed by atoms with Gasteiger partial charge in [-0.05, 0) is 38.5 Å². The molecule has 0 fully saturated rings. The number of unbranched alkanes of at least 4 members (excludes halogenated alkanes) is 23. The van der Waals surface area contributed by atoms with Crippen LogP contribution in [0.5, 0.6) is 0 Å². The predicted molar refractivity (Wildman–Crippen MR) is 222 cm³/mol. The van der Waals surface area contributed by atoms with Crippen LogP contribution in [0.1, 0.15) is 200 Å². The van der Waals surface area contributed by atoms with Crippen molar-refractivity contribution in [1.82, 2.24) is 0 Å². The van der Waals surface area contributed by atoms with Gasteiger partial charge in [-0.2, -0.15) is 0 Å². The predicted octanol–water partition coefficient (Wildman–Crippen LogP) is 11.5. The molecule has 0 aromatic carbocycles. The van der Waals surface area contributed by atoms with E-state index in [9.17, 15) is 23.8 Å². The summed E-state index contributed by atoms with van der Waals surface area (Å²) >= 11 is 0. The SMILES string of the molecule is CCCC/C=C\C/C=C\CCCCCCCCCC(=O)OC[C@H](COP(=O)(O)OC[C@H](N)C(=O)O)OC(=O)CCCCCCCCCCCCCCCCC.